The third-order valence-electron chi connectivity index (χ3n) is 3.61. The summed E-state index contributed by atoms with van der Waals surface area (Å²) >= 11 is 6.09. The standard InChI is InChI=1S/C13H20ClNO3S/c1-13(2,19(3,17)18)12(16)10(8-15)9-6-4-5-7-11(9)14/h4-7,10,12,16H,8,15H2,1-3H3. The molecular formula is C13H20ClNO3S. The van der Waals surface area contributed by atoms with Crippen molar-refractivity contribution in [1.29, 1.82) is 0 Å². The highest BCUT2D eigenvalue weighted by Gasteiger charge is 2.42. The topological polar surface area (TPSA) is 80.4 Å². The van der Waals surface area contributed by atoms with Gasteiger partial charge in [0, 0.05) is 23.7 Å². The Labute approximate surface area is 119 Å². The molecule has 2 atom stereocenters. The Morgan fingerprint density at radius 1 is 1.37 bits per heavy atom. The molecule has 0 amide bonds. The van der Waals surface area contributed by atoms with E-state index in [1.807, 2.05) is 0 Å². The summed E-state index contributed by atoms with van der Waals surface area (Å²) in [5.41, 5.74) is 6.36. The van der Waals surface area contributed by atoms with Crippen molar-refractivity contribution < 1.29 is 13.5 Å². The van der Waals surface area contributed by atoms with Gasteiger partial charge in [-0.3, -0.25) is 0 Å². The maximum absolute atomic E-state index is 11.8. The van der Waals surface area contributed by atoms with Crippen molar-refractivity contribution in [3.8, 4) is 0 Å². The molecule has 108 valence electrons. The van der Waals surface area contributed by atoms with Crippen LogP contribution in [-0.4, -0.2) is 37.2 Å². The van der Waals surface area contributed by atoms with E-state index >= 15 is 0 Å². The van der Waals surface area contributed by atoms with Gasteiger partial charge < -0.3 is 10.8 Å². The molecule has 0 heterocycles. The van der Waals surface area contributed by atoms with Gasteiger partial charge in [0.2, 0.25) is 0 Å². The quantitative estimate of drug-likeness (QED) is 0.865. The Kier molecular flexibility index (Phi) is 5.01. The Balaban J connectivity index is 3.22. The van der Waals surface area contributed by atoms with Crippen molar-refractivity contribution in [1.82, 2.24) is 0 Å². The molecule has 0 bridgehead atoms. The average molecular weight is 306 g/mol. The highest BCUT2D eigenvalue weighted by molar-refractivity contribution is 7.92. The van der Waals surface area contributed by atoms with E-state index in [1.165, 1.54) is 13.8 Å². The molecule has 0 aliphatic carbocycles. The maximum Gasteiger partial charge on any atom is 0.155 e. The number of rotatable bonds is 5. The van der Waals surface area contributed by atoms with Gasteiger partial charge in [-0.25, -0.2) is 8.42 Å². The Morgan fingerprint density at radius 3 is 2.32 bits per heavy atom. The molecule has 0 fully saturated rings. The van der Waals surface area contributed by atoms with Gasteiger partial charge in [0.15, 0.2) is 9.84 Å². The van der Waals surface area contributed by atoms with Crippen LogP contribution in [0.15, 0.2) is 24.3 Å². The minimum absolute atomic E-state index is 0.115. The Hall–Kier alpha value is -0.620. The van der Waals surface area contributed by atoms with Gasteiger partial charge in [0.1, 0.15) is 0 Å². The number of aliphatic hydroxyl groups excluding tert-OH is 1. The second-order valence-corrected chi connectivity index (χ2v) is 8.19. The third-order valence-corrected chi connectivity index (χ3v) is 6.10. The van der Waals surface area contributed by atoms with E-state index in [0.717, 1.165) is 6.26 Å². The summed E-state index contributed by atoms with van der Waals surface area (Å²) in [6.07, 6.45) is -0.0245. The molecule has 0 aliphatic heterocycles. The second-order valence-electron chi connectivity index (χ2n) is 5.18. The van der Waals surface area contributed by atoms with Crippen LogP contribution in [0.2, 0.25) is 5.02 Å². The lowest BCUT2D eigenvalue weighted by atomic mass is 9.87. The van der Waals surface area contributed by atoms with Crippen LogP contribution in [0, 0.1) is 0 Å². The minimum Gasteiger partial charge on any atom is -0.391 e. The molecule has 1 rings (SSSR count). The Morgan fingerprint density at radius 2 is 1.89 bits per heavy atom. The SMILES string of the molecule is CC(C)(C(O)C(CN)c1ccccc1Cl)S(C)(=O)=O. The summed E-state index contributed by atoms with van der Waals surface area (Å²) in [6.45, 7) is 3.10. The van der Waals surface area contributed by atoms with Crippen molar-refractivity contribution in [2.45, 2.75) is 30.6 Å². The van der Waals surface area contributed by atoms with E-state index in [2.05, 4.69) is 0 Å². The van der Waals surface area contributed by atoms with Crippen molar-refractivity contribution in [3.63, 3.8) is 0 Å². The molecule has 1 aromatic carbocycles. The third kappa shape index (κ3) is 3.28. The fourth-order valence-electron chi connectivity index (χ4n) is 1.91. The van der Waals surface area contributed by atoms with Crippen LogP contribution >= 0.6 is 11.6 Å². The first-order chi connectivity index (χ1) is 8.63. The smallest absolute Gasteiger partial charge is 0.155 e. The van der Waals surface area contributed by atoms with Crippen LogP contribution in [-0.2, 0) is 9.84 Å². The summed E-state index contributed by atoms with van der Waals surface area (Å²) in [5.74, 6) is -0.529. The molecule has 0 aliphatic rings. The van der Waals surface area contributed by atoms with Crippen LogP contribution in [0.1, 0.15) is 25.3 Å². The normalized spacial score (nSPS) is 16.1. The van der Waals surface area contributed by atoms with Crippen LogP contribution in [0.5, 0.6) is 0 Å². The van der Waals surface area contributed by atoms with Crippen LogP contribution in [0.3, 0.4) is 0 Å². The summed E-state index contributed by atoms with van der Waals surface area (Å²) < 4.78 is 22.3. The molecular weight excluding hydrogens is 286 g/mol. The zero-order valence-corrected chi connectivity index (χ0v) is 12.9. The average Bonchev–Trinajstić information content (AvgIpc) is 2.30. The molecule has 0 saturated heterocycles. The van der Waals surface area contributed by atoms with Gasteiger partial charge in [-0.15, -0.1) is 0 Å². The zero-order chi connectivity index (χ0) is 14.8. The summed E-state index contributed by atoms with van der Waals surface area (Å²) in [6, 6.07) is 7.00. The largest absolute Gasteiger partial charge is 0.391 e. The monoisotopic (exact) mass is 305 g/mol. The summed E-state index contributed by atoms with van der Waals surface area (Å²) in [7, 11) is -3.43. The van der Waals surface area contributed by atoms with Gasteiger partial charge >= 0.3 is 0 Å². The first-order valence-electron chi connectivity index (χ1n) is 5.95. The zero-order valence-electron chi connectivity index (χ0n) is 11.3. The lowest BCUT2D eigenvalue weighted by molar-refractivity contribution is 0.110. The number of hydrogen-bond donors (Lipinski definition) is 2. The number of hydrogen-bond acceptors (Lipinski definition) is 4. The highest BCUT2D eigenvalue weighted by Crippen LogP contribution is 2.33. The molecule has 4 nitrogen and oxygen atoms in total. The van der Waals surface area contributed by atoms with E-state index in [1.54, 1.807) is 24.3 Å². The number of halogens is 1. The molecule has 0 radical (unpaired) electrons. The number of nitrogens with two attached hydrogens (primary N) is 1. The van der Waals surface area contributed by atoms with Gasteiger partial charge in [0.25, 0.3) is 0 Å². The highest BCUT2D eigenvalue weighted by atomic mass is 35.5. The van der Waals surface area contributed by atoms with E-state index in [-0.39, 0.29) is 6.54 Å². The molecule has 3 N–H and O–H groups in total. The first-order valence-corrected chi connectivity index (χ1v) is 8.22. The van der Waals surface area contributed by atoms with E-state index < -0.39 is 26.6 Å². The number of sulfone groups is 1. The molecule has 0 saturated carbocycles. The fourth-order valence-corrected chi connectivity index (χ4v) is 2.78. The van der Waals surface area contributed by atoms with E-state index in [9.17, 15) is 13.5 Å². The van der Waals surface area contributed by atoms with Crippen LogP contribution in [0.25, 0.3) is 0 Å². The maximum atomic E-state index is 11.8. The van der Waals surface area contributed by atoms with Gasteiger partial charge in [-0.2, -0.15) is 0 Å². The van der Waals surface area contributed by atoms with Gasteiger partial charge in [0.05, 0.1) is 10.9 Å². The molecule has 1 aromatic rings. The molecule has 19 heavy (non-hydrogen) atoms. The van der Waals surface area contributed by atoms with E-state index in [4.69, 9.17) is 17.3 Å². The van der Waals surface area contributed by atoms with Crippen LogP contribution < -0.4 is 5.73 Å². The summed E-state index contributed by atoms with van der Waals surface area (Å²) in [5, 5.41) is 10.9. The minimum atomic E-state index is -3.43. The van der Waals surface area contributed by atoms with Crippen LogP contribution in [0.4, 0.5) is 0 Å². The summed E-state index contributed by atoms with van der Waals surface area (Å²) in [4.78, 5) is 0. The Bertz CT molecular complexity index is 543. The second kappa shape index (κ2) is 5.79. The lowest BCUT2D eigenvalue weighted by Gasteiger charge is -2.34. The van der Waals surface area contributed by atoms with Crippen molar-refractivity contribution in [3.05, 3.63) is 34.9 Å². The number of aliphatic hydroxyl groups is 1. The first kappa shape index (κ1) is 16.4. The fraction of sp³-hybridized carbons (Fsp3) is 0.538. The molecule has 6 heteroatoms. The number of benzene rings is 1. The molecule has 2 unspecified atom stereocenters. The predicted molar refractivity (Wildman–Crippen MR) is 78.2 cm³/mol. The lowest BCUT2D eigenvalue weighted by Crippen LogP contribution is -2.48. The predicted octanol–water partition coefficient (Wildman–Crippen LogP) is 1.57. The van der Waals surface area contributed by atoms with Gasteiger partial charge in [-0.05, 0) is 25.5 Å². The van der Waals surface area contributed by atoms with Crippen molar-refractivity contribution >= 4 is 21.4 Å². The van der Waals surface area contributed by atoms with E-state index in [0.29, 0.717) is 10.6 Å². The molecule has 0 spiro atoms. The van der Waals surface area contributed by atoms with Crippen molar-refractivity contribution in [2.75, 3.05) is 12.8 Å². The van der Waals surface area contributed by atoms with Crippen molar-refractivity contribution in [2.24, 2.45) is 5.73 Å². The molecule has 0 aromatic heterocycles. The van der Waals surface area contributed by atoms with Gasteiger partial charge in [-0.1, -0.05) is 29.8 Å².